The number of rotatable bonds is 5. The van der Waals surface area contributed by atoms with Crippen molar-refractivity contribution in [2.24, 2.45) is 0 Å². The van der Waals surface area contributed by atoms with E-state index in [0.717, 1.165) is 54.2 Å². The molecule has 1 amide bonds. The van der Waals surface area contributed by atoms with Gasteiger partial charge in [0.2, 0.25) is 0 Å². The number of carbonyl (C=O) groups excluding carboxylic acids is 1. The highest BCUT2D eigenvalue weighted by Gasteiger charge is 2.23. The van der Waals surface area contributed by atoms with Gasteiger partial charge in [-0.1, -0.05) is 46.2 Å². The van der Waals surface area contributed by atoms with Crippen molar-refractivity contribution in [1.82, 2.24) is 9.88 Å². The molecule has 0 bridgehead atoms. The van der Waals surface area contributed by atoms with Gasteiger partial charge < -0.3 is 4.74 Å². The Kier molecular flexibility index (Phi) is 6.15. The topological polar surface area (TPSA) is 45.7 Å². The van der Waals surface area contributed by atoms with Crippen LogP contribution in [0.4, 0.5) is 5.13 Å². The van der Waals surface area contributed by atoms with Gasteiger partial charge in [0.25, 0.3) is 5.91 Å². The quantitative estimate of drug-likeness (QED) is 0.597. The molecule has 2 aromatic carbocycles. The number of carbonyl (C=O) groups is 1. The number of hydrogen-bond donors (Lipinski definition) is 0. The van der Waals surface area contributed by atoms with E-state index in [4.69, 9.17) is 21.3 Å². The lowest BCUT2D eigenvalue weighted by Crippen LogP contribution is -2.43. The lowest BCUT2D eigenvalue weighted by atomic mass is 10.1. The molecule has 152 valence electrons. The Bertz CT molecular complexity index is 1010. The summed E-state index contributed by atoms with van der Waals surface area (Å²) in [6.45, 7) is 8.63. The molecule has 1 saturated heterocycles. The summed E-state index contributed by atoms with van der Waals surface area (Å²) in [5, 5.41) is 1.29. The van der Waals surface area contributed by atoms with Gasteiger partial charge in [-0.3, -0.25) is 14.6 Å². The smallest absolute Gasteiger partial charge is 0.260 e. The second-order valence-corrected chi connectivity index (χ2v) is 8.79. The minimum atomic E-state index is -0.0276. The van der Waals surface area contributed by atoms with Crippen LogP contribution in [0.5, 0.6) is 0 Å². The van der Waals surface area contributed by atoms with Gasteiger partial charge in [0.05, 0.1) is 22.9 Å². The molecule has 0 aliphatic carbocycles. The molecule has 1 aromatic heterocycles. The molecule has 3 aromatic rings. The van der Waals surface area contributed by atoms with Gasteiger partial charge in [0.15, 0.2) is 5.13 Å². The molecule has 5 nitrogen and oxygen atoms in total. The van der Waals surface area contributed by atoms with Crippen LogP contribution in [-0.2, 0) is 4.74 Å². The maximum Gasteiger partial charge on any atom is 0.260 e. The molecule has 29 heavy (non-hydrogen) atoms. The fraction of sp³-hybridized carbons (Fsp3) is 0.364. The predicted octanol–water partition coefficient (Wildman–Crippen LogP) is 4.55. The number of aryl methyl sites for hydroxylation is 2. The molecule has 0 radical (unpaired) electrons. The molecule has 0 unspecified atom stereocenters. The molecule has 1 fully saturated rings. The molecule has 0 N–H and O–H groups in total. The van der Waals surface area contributed by atoms with Crippen molar-refractivity contribution in [2.75, 3.05) is 44.3 Å². The van der Waals surface area contributed by atoms with E-state index in [9.17, 15) is 4.79 Å². The van der Waals surface area contributed by atoms with E-state index in [1.807, 2.05) is 44.2 Å². The second kappa shape index (κ2) is 8.79. The summed E-state index contributed by atoms with van der Waals surface area (Å²) < 4.78 is 6.42. The molecule has 0 spiro atoms. The number of benzene rings is 2. The Morgan fingerprint density at radius 2 is 1.93 bits per heavy atom. The van der Waals surface area contributed by atoms with Crippen molar-refractivity contribution < 1.29 is 9.53 Å². The fourth-order valence-electron chi connectivity index (χ4n) is 3.62. The molecule has 2 heterocycles. The number of morpholine rings is 1. The number of thiazole rings is 1. The van der Waals surface area contributed by atoms with Crippen molar-refractivity contribution in [3.05, 3.63) is 58.1 Å². The van der Waals surface area contributed by atoms with Crippen LogP contribution in [0.2, 0.25) is 5.02 Å². The van der Waals surface area contributed by atoms with Crippen LogP contribution in [0, 0.1) is 13.8 Å². The minimum Gasteiger partial charge on any atom is -0.379 e. The maximum atomic E-state index is 13.5. The van der Waals surface area contributed by atoms with Gasteiger partial charge in [-0.05, 0) is 38.1 Å². The first-order valence-corrected chi connectivity index (χ1v) is 11.0. The average molecular weight is 430 g/mol. The van der Waals surface area contributed by atoms with Gasteiger partial charge in [-0.25, -0.2) is 4.98 Å². The van der Waals surface area contributed by atoms with Crippen LogP contribution < -0.4 is 4.90 Å². The van der Waals surface area contributed by atoms with Crippen LogP contribution in [0.15, 0.2) is 36.4 Å². The van der Waals surface area contributed by atoms with Crippen LogP contribution in [-0.4, -0.2) is 55.2 Å². The normalized spacial score (nSPS) is 15.0. The largest absolute Gasteiger partial charge is 0.379 e. The van der Waals surface area contributed by atoms with Crippen molar-refractivity contribution in [3.63, 3.8) is 0 Å². The van der Waals surface area contributed by atoms with E-state index in [2.05, 4.69) is 11.0 Å². The van der Waals surface area contributed by atoms with Crippen molar-refractivity contribution in [3.8, 4) is 0 Å². The number of amides is 1. The monoisotopic (exact) mass is 429 g/mol. The number of nitrogens with zero attached hydrogens (tertiary/aromatic N) is 3. The van der Waals surface area contributed by atoms with Gasteiger partial charge in [0.1, 0.15) is 5.52 Å². The first kappa shape index (κ1) is 20.3. The number of ether oxygens (including phenoxy) is 1. The van der Waals surface area contributed by atoms with Gasteiger partial charge in [-0.2, -0.15) is 0 Å². The Balaban J connectivity index is 1.67. The molecular weight excluding hydrogens is 406 g/mol. The van der Waals surface area contributed by atoms with Gasteiger partial charge >= 0.3 is 0 Å². The zero-order chi connectivity index (χ0) is 20.4. The summed E-state index contributed by atoms with van der Waals surface area (Å²) in [4.78, 5) is 22.3. The van der Waals surface area contributed by atoms with E-state index in [1.165, 1.54) is 11.3 Å². The zero-order valence-electron chi connectivity index (χ0n) is 16.7. The third kappa shape index (κ3) is 4.61. The highest BCUT2D eigenvalue weighted by atomic mass is 35.5. The number of aromatic nitrogens is 1. The molecule has 1 aliphatic rings. The number of anilines is 1. The van der Waals surface area contributed by atoms with E-state index in [1.54, 1.807) is 4.90 Å². The third-order valence-electron chi connectivity index (χ3n) is 5.05. The van der Waals surface area contributed by atoms with Crippen LogP contribution in [0.3, 0.4) is 0 Å². The first-order valence-electron chi connectivity index (χ1n) is 9.76. The Labute approximate surface area is 179 Å². The fourth-order valence-corrected chi connectivity index (χ4v) is 4.91. The Morgan fingerprint density at radius 1 is 1.21 bits per heavy atom. The third-order valence-corrected chi connectivity index (χ3v) is 6.40. The van der Waals surface area contributed by atoms with Crippen molar-refractivity contribution in [2.45, 2.75) is 13.8 Å². The summed E-state index contributed by atoms with van der Waals surface area (Å²) >= 11 is 7.83. The number of hydrogen-bond acceptors (Lipinski definition) is 5. The average Bonchev–Trinajstić information content (AvgIpc) is 3.13. The Hall–Kier alpha value is -1.99. The summed E-state index contributed by atoms with van der Waals surface area (Å²) in [7, 11) is 0. The highest BCUT2D eigenvalue weighted by Crippen LogP contribution is 2.33. The molecule has 0 atom stereocenters. The number of para-hydroxylation sites is 1. The molecule has 7 heteroatoms. The van der Waals surface area contributed by atoms with Crippen molar-refractivity contribution in [1.29, 1.82) is 0 Å². The van der Waals surface area contributed by atoms with E-state index < -0.39 is 0 Å². The second-order valence-electron chi connectivity index (χ2n) is 7.37. The maximum absolute atomic E-state index is 13.5. The van der Waals surface area contributed by atoms with Crippen LogP contribution in [0.1, 0.15) is 21.5 Å². The number of fused-ring (bicyclic) bond motifs is 1. The zero-order valence-corrected chi connectivity index (χ0v) is 18.2. The SMILES string of the molecule is Cc1cc(C)cc(C(=O)N(CCN2CCOCC2)c2nc3c(Cl)cccc3s2)c1. The Morgan fingerprint density at radius 3 is 2.62 bits per heavy atom. The summed E-state index contributed by atoms with van der Waals surface area (Å²) in [5.41, 5.74) is 3.59. The summed E-state index contributed by atoms with van der Waals surface area (Å²) in [6.07, 6.45) is 0. The minimum absolute atomic E-state index is 0.0276. The van der Waals surface area contributed by atoms with Crippen LogP contribution >= 0.6 is 22.9 Å². The highest BCUT2D eigenvalue weighted by molar-refractivity contribution is 7.22. The van der Waals surface area contributed by atoms with E-state index in [-0.39, 0.29) is 5.91 Å². The van der Waals surface area contributed by atoms with Crippen molar-refractivity contribution >= 4 is 44.2 Å². The van der Waals surface area contributed by atoms with E-state index >= 15 is 0 Å². The van der Waals surface area contributed by atoms with Gasteiger partial charge in [0, 0.05) is 31.7 Å². The molecule has 4 rings (SSSR count). The lowest BCUT2D eigenvalue weighted by molar-refractivity contribution is 0.0391. The molecule has 0 saturated carbocycles. The van der Waals surface area contributed by atoms with E-state index in [0.29, 0.717) is 22.3 Å². The first-order chi connectivity index (χ1) is 14.0. The predicted molar refractivity (Wildman–Crippen MR) is 119 cm³/mol. The molecule has 1 aliphatic heterocycles. The molecular formula is C22H24ClN3O2S. The number of halogens is 1. The van der Waals surface area contributed by atoms with Gasteiger partial charge in [-0.15, -0.1) is 0 Å². The van der Waals surface area contributed by atoms with Crippen LogP contribution in [0.25, 0.3) is 10.2 Å². The lowest BCUT2D eigenvalue weighted by Gasteiger charge is -2.29. The summed E-state index contributed by atoms with van der Waals surface area (Å²) in [5.74, 6) is -0.0276. The standard InChI is InChI=1S/C22H24ClN3O2S/c1-15-12-16(2)14-17(13-15)21(27)26(7-6-25-8-10-28-11-9-25)22-24-20-18(23)4-3-5-19(20)29-22/h3-5,12-14H,6-11H2,1-2H3. The summed E-state index contributed by atoms with van der Waals surface area (Å²) in [6, 6.07) is 11.7.